The van der Waals surface area contributed by atoms with Crippen LogP contribution in [-0.2, 0) is 6.42 Å². The molecular weight excluding hydrogens is 227 g/mol. The Kier molecular flexibility index (Phi) is 2.99. The van der Waals surface area contributed by atoms with Crippen LogP contribution in [-0.4, -0.2) is 16.5 Å². The lowest BCUT2D eigenvalue weighted by Crippen LogP contribution is -2.03. The average molecular weight is 235 g/mol. The molecule has 0 bridgehead atoms. The number of rotatable bonds is 3. The number of nitrogens with one attached hydrogen (secondary N) is 2. The Morgan fingerprint density at radius 3 is 3.22 bits per heavy atom. The van der Waals surface area contributed by atoms with Crippen LogP contribution in [0, 0.1) is 0 Å². The number of nitrogens with zero attached hydrogens (tertiary/aromatic N) is 1. The molecule has 1 aromatic heterocycles. The Hall–Kier alpha value is -0.100. The molecule has 0 saturated heterocycles. The van der Waals surface area contributed by atoms with Crippen molar-refractivity contribution in [2.75, 3.05) is 6.54 Å². The van der Waals surface area contributed by atoms with Crippen molar-refractivity contribution in [1.29, 1.82) is 0 Å². The maximum atomic E-state index is 3.89. The van der Waals surface area contributed by atoms with E-state index < -0.39 is 0 Å². The minimum atomic E-state index is 0.989. The molecule has 0 amide bonds. The molecule has 0 aliphatic heterocycles. The molecule has 0 spiro atoms. The zero-order chi connectivity index (χ0) is 6.53. The lowest BCUT2D eigenvalue weighted by molar-refractivity contribution is 0.904. The summed E-state index contributed by atoms with van der Waals surface area (Å²) in [6.07, 6.45) is 4.56. The summed E-state index contributed by atoms with van der Waals surface area (Å²) in [5.41, 5.74) is 1.18. The van der Waals surface area contributed by atoms with E-state index in [2.05, 4.69) is 36.4 Å². The molecule has 0 unspecified atom stereocenters. The van der Waals surface area contributed by atoms with Crippen LogP contribution >= 0.6 is 22.9 Å². The van der Waals surface area contributed by atoms with E-state index in [4.69, 9.17) is 0 Å². The minimum Gasteiger partial charge on any atom is -0.348 e. The molecule has 4 heteroatoms. The highest BCUT2D eigenvalue weighted by Gasteiger charge is 1.89. The van der Waals surface area contributed by atoms with Crippen molar-refractivity contribution in [1.82, 2.24) is 13.5 Å². The van der Waals surface area contributed by atoms with Gasteiger partial charge in [0.05, 0.1) is 6.33 Å². The molecule has 1 aromatic rings. The standard InChI is InChI=1S/C5H8IN3/c6-9-2-1-5-3-7-4-8-5/h3-4,9H,1-2H2,(H,7,8)/i6-2. The predicted octanol–water partition coefficient (Wildman–Crippen LogP) is 0.892. The molecule has 3 nitrogen and oxygen atoms in total. The lowest BCUT2D eigenvalue weighted by Gasteiger charge is -1.91. The summed E-state index contributed by atoms with van der Waals surface area (Å²) < 4.78 is 3.03. The van der Waals surface area contributed by atoms with Gasteiger partial charge in [0, 0.05) is 47.7 Å². The molecular formula is C5H8IN3. The second-order valence-corrected chi connectivity index (χ2v) is 2.47. The Morgan fingerprint density at radius 2 is 2.67 bits per heavy atom. The molecule has 0 fully saturated rings. The Labute approximate surface area is 67.8 Å². The van der Waals surface area contributed by atoms with Crippen molar-refractivity contribution in [3.63, 3.8) is 0 Å². The van der Waals surface area contributed by atoms with E-state index in [1.54, 1.807) is 6.33 Å². The monoisotopic (exact) mass is 235 g/mol. The number of aromatic nitrogens is 2. The van der Waals surface area contributed by atoms with Gasteiger partial charge in [-0.3, -0.25) is 3.53 Å². The van der Waals surface area contributed by atoms with Crippen molar-refractivity contribution >= 4 is 22.9 Å². The van der Waals surface area contributed by atoms with Crippen LogP contribution in [0.5, 0.6) is 0 Å². The number of halogens is 1. The smallest absolute Gasteiger partial charge is 0.0921 e. The van der Waals surface area contributed by atoms with Crippen LogP contribution in [0.4, 0.5) is 0 Å². The van der Waals surface area contributed by atoms with Crippen molar-refractivity contribution in [3.05, 3.63) is 18.2 Å². The fourth-order valence-corrected chi connectivity index (χ4v) is 0.873. The van der Waals surface area contributed by atoms with Gasteiger partial charge in [-0.2, -0.15) is 0 Å². The van der Waals surface area contributed by atoms with Gasteiger partial charge >= 0.3 is 0 Å². The van der Waals surface area contributed by atoms with Crippen LogP contribution in [0.2, 0.25) is 0 Å². The van der Waals surface area contributed by atoms with E-state index in [0.29, 0.717) is 0 Å². The number of hydrogen-bond acceptors (Lipinski definition) is 2. The molecule has 0 radical (unpaired) electrons. The topological polar surface area (TPSA) is 40.7 Å². The molecule has 1 heterocycles. The first-order chi connectivity index (χ1) is 4.43. The summed E-state index contributed by atoms with van der Waals surface area (Å²) in [4.78, 5) is 6.91. The normalized spacial score (nSPS) is 9.89. The van der Waals surface area contributed by atoms with Gasteiger partial charge < -0.3 is 4.98 Å². The first-order valence-electron chi connectivity index (χ1n) is 2.74. The summed E-state index contributed by atoms with van der Waals surface area (Å²) in [6.45, 7) is 0.989. The van der Waals surface area contributed by atoms with E-state index in [0.717, 1.165) is 13.0 Å². The maximum Gasteiger partial charge on any atom is 0.0921 e. The quantitative estimate of drug-likeness (QED) is 0.603. The molecule has 2 N–H and O–H groups in total. The summed E-state index contributed by atoms with van der Waals surface area (Å²) >= 11 is 2.13. The first-order valence-corrected chi connectivity index (χ1v) is 3.82. The van der Waals surface area contributed by atoms with Gasteiger partial charge in [0.25, 0.3) is 0 Å². The van der Waals surface area contributed by atoms with Gasteiger partial charge in [-0.1, -0.05) is 0 Å². The minimum absolute atomic E-state index is 0.989. The van der Waals surface area contributed by atoms with Gasteiger partial charge in [0.15, 0.2) is 0 Å². The lowest BCUT2D eigenvalue weighted by atomic mass is 10.3. The fraction of sp³-hybridized carbons (Fsp3) is 0.400. The van der Waals surface area contributed by atoms with Gasteiger partial charge in [-0.25, -0.2) is 4.98 Å². The van der Waals surface area contributed by atoms with E-state index in [9.17, 15) is 0 Å². The largest absolute Gasteiger partial charge is 0.348 e. The second-order valence-electron chi connectivity index (χ2n) is 1.71. The number of H-pyrrole nitrogens is 1. The van der Waals surface area contributed by atoms with Gasteiger partial charge in [0.1, 0.15) is 0 Å². The van der Waals surface area contributed by atoms with Crippen molar-refractivity contribution in [2.45, 2.75) is 6.42 Å². The maximum absolute atomic E-state index is 3.89. The van der Waals surface area contributed by atoms with E-state index in [1.807, 2.05) is 6.20 Å². The van der Waals surface area contributed by atoms with Crippen LogP contribution in [0.3, 0.4) is 0 Å². The Morgan fingerprint density at radius 1 is 1.78 bits per heavy atom. The summed E-state index contributed by atoms with van der Waals surface area (Å²) in [5.74, 6) is 0. The zero-order valence-electron chi connectivity index (χ0n) is 4.89. The summed E-state index contributed by atoms with van der Waals surface area (Å²) in [5, 5.41) is 0. The van der Waals surface area contributed by atoms with Crippen molar-refractivity contribution in [3.8, 4) is 0 Å². The number of imidazole rings is 1. The van der Waals surface area contributed by atoms with Crippen LogP contribution in [0.1, 0.15) is 5.69 Å². The Bertz CT molecular complexity index is 149. The third kappa shape index (κ3) is 2.31. The molecule has 1 rings (SSSR count). The number of hydrogen-bond donors (Lipinski definition) is 2. The highest BCUT2D eigenvalue weighted by molar-refractivity contribution is 14.1. The van der Waals surface area contributed by atoms with E-state index in [1.165, 1.54) is 5.69 Å². The van der Waals surface area contributed by atoms with Gasteiger partial charge in [-0.05, 0) is 0 Å². The molecule has 9 heavy (non-hydrogen) atoms. The molecule has 0 aliphatic rings. The molecule has 0 atom stereocenters. The van der Waals surface area contributed by atoms with Gasteiger partial charge in [0.2, 0.25) is 0 Å². The summed E-state index contributed by atoms with van der Waals surface area (Å²) in [6, 6.07) is 0. The van der Waals surface area contributed by atoms with Crippen LogP contribution < -0.4 is 3.53 Å². The highest BCUT2D eigenvalue weighted by atomic mass is 125. The average Bonchev–Trinajstić information content (AvgIpc) is 2.34. The SMILES string of the molecule is [125I]NCCc1cnc[nH]1. The Balaban J connectivity index is 2.30. The summed E-state index contributed by atoms with van der Waals surface area (Å²) in [7, 11) is 0. The second kappa shape index (κ2) is 3.84. The third-order valence-electron chi connectivity index (χ3n) is 1.04. The molecule has 0 aromatic carbocycles. The van der Waals surface area contributed by atoms with Crippen molar-refractivity contribution < 1.29 is 0 Å². The zero-order valence-corrected chi connectivity index (χ0v) is 7.05. The molecule has 0 aliphatic carbocycles. The van der Waals surface area contributed by atoms with E-state index >= 15 is 0 Å². The fourth-order valence-electron chi connectivity index (χ4n) is 0.603. The first kappa shape index (κ1) is 7.01. The van der Waals surface area contributed by atoms with Gasteiger partial charge in [-0.15, -0.1) is 0 Å². The van der Waals surface area contributed by atoms with Crippen LogP contribution in [0.25, 0.3) is 0 Å². The van der Waals surface area contributed by atoms with Crippen LogP contribution in [0.15, 0.2) is 12.5 Å². The third-order valence-corrected chi connectivity index (χ3v) is 1.58. The molecule has 50 valence electrons. The highest BCUT2D eigenvalue weighted by Crippen LogP contribution is 1.90. The molecule has 0 saturated carbocycles. The van der Waals surface area contributed by atoms with E-state index in [-0.39, 0.29) is 0 Å². The predicted molar refractivity (Wildman–Crippen MR) is 44.3 cm³/mol. The number of aromatic amines is 1. The van der Waals surface area contributed by atoms with Crippen molar-refractivity contribution in [2.24, 2.45) is 0 Å².